The normalized spacial score (nSPS) is 21.4. The van der Waals surface area contributed by atoms with Crippen molar-refractivity contribution >= 4 is 28.7 Å². The molecular formula is C13H23N3O2S. The number of hydrogen-bond donors (Lipinski definition) is 1. The van der Waals surface area contributed by atoms with Gasteiger partial charge in [-0.25, -0.2) is 0 Å². The average Bonchev–Trinajstić information content (AvgIpc) is 2.64. The highest BCUT2D eigenvalue weighted by Crippen LogP contribution is 2.29. The molecule has 1 heterocycles. The fraction of sp³-hybridized carbons (Fsp3) is 0.769. The summed E-state index contributed by atoms with van der Waals surface area (Å²) in [6, 6.07) is 0. The van der Waals surface area contributed by atoms with Crippen LogP contribution >= 0.6 is 11.8 Å². The predicted octanol–water partition coefficient (Wildman–Crippen LogP) is 1.76. The van der Waals surface area contributed by atoms with E-state index in [1.807, 2.05) is 0 Å². The van der Waals surface area contributed by atoms with Crippen molar-refractivity contribution in [3.8, 4) is 0 Å². The van der Waals surface area contributed by atoms with Gasteiger partial charge in [0.2, 0.25) is 11.8 Å². The minimum atomic E-state index is -0.434. The van der Waals surface area contributed by atoms with E-state index in [2.05, 4.69) is 18.8 Å². The van der Waals surface area contributed by atoms with Crippen molar-refractivity contribution in [2.45, 2.75) is 51.2 Å². The summed E-state index contributed by atoms with van der Waals surface area (Å²) < 4.78 is 0. The second kappa shape index (κ2) is 8.19. The van der Waals surface area contributed by atoms with Crippen molar-refractivity contribution in [3.63, 3.8) is 0 Å². The van der Waals surface area contributed by atoms with Crippen molar-refractivity contribution < 1.29 is 9.59 Å². The van der Waals surface area contributed by atoms with Gasteiger partial charge in [-0.05, 0) is 12.8 Å². The molecule has 108 valence electrons. The van der Waals surface area contributed by atoms with E-state index >= 15 is 0 Å². The quantitative estimate of drug-likeness (QED) is 0.690. The predicted molar refractivity (Wildman–Crippen MR) is 79.0 cm³/mol. The molecule has 1 aliphatic heterocycles. The Labute approximate surface area is 119 Å². The van der Waals surface area contributed by atoms with Gasteiger partial charge in [0, 0.05) is 19.5 Å². The molecule has 6 heteroatoms. The first-order chi connectivity index (χ1) is 9.10. The highest BCUT2D eigenvalue weighted by atomic mass is 32.2. The van der Waals surface area contributed by atoms with Crippen LogP contribution in [0.2, 0.25) is 0 Å². The molecule has 19 heavy (non-hydrogen) atoms. The Hall–Kier alpha value is -1.04. The first-order valence-electron chi connectivity index (χ1n) is 6.90. The molecule has 1 fully saturated rings. The van der Waals surface area contributed by atoms with Gasteiger partial charge in [-0.15, -0.1) is 0 Å². The number of rotatable bonds is 8. The van der Waals surface area contributed by atoms with Crippen LogP contribution < -0.4 is 5.73 Å². The van der Waals surface area contributed by atoms with Gasteiger partial charge in [-0.1, -0.05) is 38.5 Å². The van der Waals surface area contributed by atoms with E-state index in [9.17, 15) is 9.59 Å². The van der Waals surface area contributed by atoms with Crippen LogP contribution in [0.1, 0.15) is 46.0 Å². The highest BCUT2D eigenvalue weighted by molar-refractivity contribution is 8.15. The Morgan fingerprint density at radius 1 is 1.37 bits per heavy atom. The number of unbranched alkanes of at least 4 members (excludes halogenated alkanes) is 2. The maximum atomic E-state index is 12.2. The number of primary amides is 1. The molecule has 1 saturated heterocycles. The van der Waals surface area contributed by atoms with Crippen LogP contribution in [-0.2, 0) is 9.59 Å². The summed E-state index contributed by atoms with van der Waals surface area (Å²) in [6.45, 7) is 5.61. The van der Waals surface area contributed by atoms with Gasteiger partial charge in [0.1, 0.15) is 5.25 Å². The van der Waals surface area contributed by atoms with Gasteiger partial charge in [0.25, 0.3) is 0 Å². The Morgan fingerprint density at radius 3 is 2.63 bits per heavy atom. The van der Waals surface area contributed by atoms with Gasteiger partial charge >= 0.3 is 0 Å². The van der Waals surface area contributed by atoms with Gasteiger partial charge in [0.05, 0.1) is 0 Å². The lowest BCUT2D eigenvalue weighted by Crippen LogP contribution is -2.34. The summed E-state index contributed by atoms with van der Waals surface area (Å²) in [5.74, 6) is -0.455. The van der Waals surface area contributed by atoms with Crippen LogP contribution in [0.15, 0.2) is 4.99 Å². The summed E-state index contributed by atoms with van der Waals surface area (Å²) in [5, 5.41) is 0.382. The molecule has 2 N–H and O–H groups in total. The standard InChI is InChI=1S/C13H23N3O2S/c1-3-5-7-15-13-16(8-6-4-2)12(18)10(19-13)9-11(14)17/h10H,3-9H2,1-2H3,(H2,14,17). The second-order valence-corrected chi connectivity index (χ2v) is 5.81. The number of aliphatic imine (C=N–C) groups is 1. The van der Waals surface area contributed by atoms with Gasteiger partial charge in [-0.3, -0.25) is 19.5 Å². The number of hydrogen-bond acceptors (Lipinski definition) is 4. The summed E-state index contributed by atoms with van der Waals surface area (Å²) in [6.07, 6.45) is 4.16. The van der Waals surface area contributed by atoms with Crippen molar-refractivity contribution in [1.82, 2.24) is 4.90 Å². The summed E-state index contributed by atoms with van der Waals surface area (Å²) in [7, 11) is 0. The maximum Gasteiger partial charge on any atom is 0.242 e. The number of amidine groups is 1. The highest BCUT2D eigenvalue weighted by Gasteiger charge is 2.38. The molecular weight excluding hydrogens is 262 g/mol. The molecule has 0 aliphatic carbocycles. The van der Waals surface area contributed by atoms with Crippen LogP contribution in [0.4, 0.5) is 0 Å². The molecule has 2 amide bonds. The van der Waals surface area contributed by atoms with E-state index in [-0.39, 0.29) is 17.6 Å². The van der Waals surface area contributed by atoms with Crippen LogP contribution in [0, 0.1) is 0 Å². The molecule has 0 aromatic rings. The minimum absolute atomic E-state index is 0.0208. The first-order valence-corrected chi connectivity index (χ1v) is 7.78. The zero-order chi connectivity index (χ0) is 14.3. The molecule has 0 aromatic carbocycles. The second-order valence-electron chi connectivity index (χ2n) is 4.64. The Bertz CT molecular complexity index is 358. The number of carbonyl (C=O) groups is 2. The first kappa shape index (κ1) is 16.0. The lowest BCUT2D eigenvalue weighted by Gasteiger charge is -2.15. The monoisotopic (exact) mass is 285 g/mol. The summed E-state index contributed by atoms with van der Waals surface area (Å²) in [5.41, 5.74) is 5.18. The summed E-state index contributed by atoms with van der Waals surface area (Å²) >= 11 is 1.38. The minimum Gasteiger partial charge on any atom is -0.370 e. The van der Waals surface area contributed by atoms with E-state index < -0.39 is 5.91 Å². The number of amides is 2. The zero-order valence-corrected chi connectivity index (χ0v) is 12.5. The molecule has 1 aliphatic rings. The topological polar surface area (TPSA) is 75.8 Å². The van der Waals surface area contributed by atoms with Gasteiger partial charge < -0.3 is 5.73 Å². The molecule has 0 aromatic heterocycles. The van der Waals surface area contributed by atoms with Crippen molar-refractivity contribution in [2.75, 3.05) is 13.1 Å². The molecule has 1 atom stereocenters. The van der Waals surface area contributed by atoms with Gasteiger partial charge in [0.15, 0.2) is 5.17 Å². The number of carbonyl (C=O) groups excluding carboxylic acids is 2. The van der Waals surface area contributed by atoms with E-state index in [0.717, 1.165) is 37.4 Å². The van der Waals surface area contributed by atoms with Crippen LogP contribution in [-0.4, -0.2) is 40.2 Å². The lowest BCUT2D eigenvalue weighted by atomic mass is 10.2. The number of nitrogens with two attached hydrogens (primary N) is 1. The average molecular weight is 285 g/mol. The van der Waals surface area contributed by atoms with E-state index in [1.165, 1.54) is 11.8 Å². The molecule has 0 saturated carbocycles. The third-order valence-electron chi connectivity index (χ3n) is 2.90. The zero-order valence-electron chi connectivity index (χ0n) is 11.7. The van der Waals surface area contributed by atoms with Crippen LogP contribution in [0.5, 0.6) is 0 Å². The number of thioether (sulfide) groups is 1. The smallest absolute Gasteiger partial charge is 0.242 e. The third kappa shape index (κ3) is 4.86. The van der Waals surface area contributed by atoms with Crippen LogP contribution in [0.25, 0.3) is 0 Å². The lowest BCUT2D eigenvalue weighted by molar-refractivity contribution is -0.128. The summed E-state index contributed by atoms with van der Waals surface area (Å²) in [4.78, 5) is 29.4. The molecule has 1 rings (SSSR count). The van der Waals surface area contributed by atoms with Crippen molar-refractivity contribution in [3.05, 3.63) is 0 Å². The molecule has 5 nitrogen and oxygen atoms in total. The fourth-order valence-corrected chi connectivity index (χ4v) is 3.00. The van der Waals surface area contributed by atoms with E-state index in [4.69, 9.17) is 5.73 Å². The third-order valence-corrected chi connectivity index (χ3v) is 4.11. The molecule has 1 unspecified atom stereocenters. The number of nitrogens with zero attached hydrogens (tertiary/aromatic N) is 2. The molecule has 0 bridgehead atoms. The largest absolute Gasteiger partial charge is 0.370 e. The fourth-order valence-electron chi connectivity index (χ4n) is 1.80. The van der Waals surface area contributed by atoms with E-state index in [1.54, 1.807) is 4.90 Å². The van der Waals surface area contributed by atoms with Crippen molar-refractivity contribution in [1.29, 1.82) is 0 Å². The molecule has 0 radical (unpaired) electrons. The van der Waals surface area contributed by atoms with E-state index in [0.29, 0.717) is 6.54 Å². The molecule has 0 spiro atoms. The maximum absolute atomic E-state index is 12.2. The van der Waals surface area contributed by atoms with Crippen LogP contribution in [0.3, 0.4) is 0 Å². The Kier molecular flexibility index (Phi) is 6.91. The Morgan fingerprint density at radius 2 is 2.05 bits per heavy atom. The van der Waals surface area contributed by atoms with Gasteiger partial charge in [-0.2, -0.15) is 0 Å². The van der Waals surface area contributed by atoms with Crippen molar-refractivity contribution in [2.24, 2.45) is 10.7 Å². The SMILES string of the molecule is CCCCN=C1SC(CC(N)=O)C(=O)N1CCCC. The Balaban J connectivity index is 2.72.